The normalized spacial score (nSPS) is 18.4. The van der Waals surface area contributed by atoms with E-state index in [9.17, 15) is 9.18 Å². The van der Waals surface area contributed by atoms with Crippen molar-refractivity contribution >= 4 is 5.91 Å². The van der Waals surface area contributed by atoms with Gasteiger partial charge in [0.05, 0.1) is 26.2 Å². The summed E-state index contributed by atoms with van der Waals surface area (Å²) in [6.07, 6.45) is 3.95. The van der Waals surface area contributed by atoms with Gasteiger partial charge in [-0.1, -0.05) is 38.1 Å². The number of likely N-dealkylation sites (tertiary alicyclic amines) is 1. The zero-order valence-electron chi connectivity index (χ0n) is 23.2. The van der Waals surface area contributed by atoms with Crippen LogP contribution in [0.25, 0.3) is 0 Å². The van der Waals surface area contributed by atoms with E-state index in [4.69, 9.17) is 14.2 Å². The van der Waals surface area contributed by atoms with Gasteiger partial charge in [0.15, 0.2) is 5.79 Å². The van der Waals surface area contributed by atoms with E-state index >= 15 is 0 Å². The highest BCUT2D eigenvalue weighted by molar-refractivity contribution is 5.79. The Bertz CT molecular complexity index is 998. The van der Waals surface area contributed by atoms with E-state index in [1.165, 1.54) is 12.1 Å². The minimum absolute atomic E-state index is 0.0974. The van der Waals surface area contributed by atoms with E-state index in [2.05, 4.69) is 18.7 Å². The molecule has 0 aromatic heterocycles. The smallest absolute Gasteiger partial charge is 0.227 e. The zero-order valence-corrected chi connectivity index (χ0v) is 23.2. The number of ether oxygens (including phenoxy) is 3. The molecule has 2 aromatic carbocycles. The maximum absolute atomic E-state index is 13.6. The highest BCUT2D eigenvalue weighted by Crippen LogP contribution is 2.25. The summed E-state index contributed by atoms with van der Waals surface area (Å²) < 4.78 is 31.1. The van der Waals surface area contributed by atoms with Crippen LogP contribution in [-0.4, -0.2) is 67.0 Å². The molecule has 0 unspecified atom stereocenters. The molecule has 4 rings (SSSR count). The Balaban J connectivity index is 1.36. The Morgan fingerprint density at radius 2 is 1.68 bits per heavy atom. The minimum atomic E-state index is -0.491. The van der Waals surface area contributed by atoms with Crippen LogP contribution in [0.15, 0.2) is 48.5 Å². The van der Waals surface area contributed by atoms with Crippen LogP contribution in [-0.2, 0) is 27.2 Å². The molecule has 2 fully saturated rings. The van der Waals surface area contributed by atoms with Crippen LogP contribution in [0.5, 0.6) is 5.75 Å². The molecule has 2 aliphatic heterocycles. The number of piperidine rings is 1. The molecular formula is C31H43FN2O4. The van der Waals surface area contributed by atoms with Crippen molar-refractivity contribution in [3.8, 4) is 5.75 Å². The van der Waals surface area contributed by atoms with Gasteiger partial charge in [-0.3, -0.25) is 4.79 Å². The summed E-state index contributed by atoms with van der Waals surface area (Å²) in [6, 6.07) is 14.5. The Hall–Kier alpha value is -2.48. The van der Waals surface area contributed by atoms with Crippen molar-refractivity contribution in [1.29, 1.82) is 0 Å². The van der Waals surface area contributed by atoms with Crippen molar-refractivity contribution < 1.29 is 23.4 Å². The molecule has 0 aliphatic carbocycles. The quantitative estimate of drug-likeness (QED) is 0.390. The van der Waals surface area contributed by atoms with E-state index in [0.717, 1.165) is 75.4 Å². The van der Waals surface area contributed by atoms with E-state index in [0.29, 0.717) is 25.5 Å². The molecule has 2 saturated heterocycles. The van der Waals surface area contributed by atoms with Gasteiger partial charge in [0.1, 0.15) is 11.6 Å². The van der Waals surface area contributed by atoms with Gasteiger partial charge >= 0.3 is 0 Å². The number of amides is 1. The van der Waals surface area contributed by atoms with E-state index in [1.54, 1.807) is 12.1 Å². The summed E-state index contributed by atoms with van der Waals surface area (Å²) in [5.41, 5.74) is 1.91. The van der Waals surface area contributed by atoms with E-state index in [-0.39, 0.29) is 17.8 Å². The van der Waals surface area contributed by atoms with Crippen molar-refractivity contribution in [2.45, 2.75) is 71.2 Å². The van der Waals surface area contributed by atoms with Gasteiger partial charge < -0.3 is 24.0 Å². The Kier molecular flexibility index (Phi) is 10.2. The molecule has 6 nitrogen and oxygen atoms in total. The van der Waals surface area contributed by atoms with Crippen LogP contribution < -0.4 is 4.74 Å². The van der Waals surface area contributed by atoms with Crippen LogP contribution >= 0.6 is 0 Å². The summed E-state index contributed by atoms with van der Waals surface area (Å²) in [6.45, 7) is 11.7. The molecule has 0 atom stereocenters. The molecule has 7 heteroatoms. The second-order valence-electron chi connectivity index (χ2n) is 11.2. The molecule has 0 bridgehead atoms. The molecule has 0 N–H and O–H groups in total. The van der Waals surface area contributed by atoms with Crippen LogP contribution in [0.4, 0.5) is 4.39 Å². The van der Waals surface area contributed by atoms with Gasteiger partial charge in [0.25, 0.3) is 0 Å². The molecule has 2 heterocycles. The van der Waals surface area contributed by atoms with Crippen molar-refractivity contribution in [1.82, 2.24) is 9.80 Å². The van der Waals surface area contributed by atoms with Gasteiger partial charge in [-0.25, -0.2) is 4.39 Å². The second-order valence-corrected chi connectivity index (χ2v) is 11.2. The second kappa shape index (κ2) is 13.5. The predicted molar refractivity (Wildman–Crippen MR) is 146 cm³/mol. The topological polar surface area (TPSA) is 51.2 Å². The number of nitrogens with zero attached hydrogens (tertiary/aromatic N) is 2. The summed E-state index contributed by atoms with van der Waals surface area (Å²) in [4.78, 5) is 18.1. The van der Waals surface area contributed by atoms with Gasteiger partial charge in [-0.05, 0) is 67.5 Å². The van der Waals surface area contributed by atoms with Gasteiger partial charge in [-0.15, -0.1) is 0 Å². The summed E-state index contributed by atoms with van der Waals surface area (Å²) in [7, 11) is 0. The third kappa shape index (κ3) is 8.52. The third-order valence-corrected chi connectivity index (χ3v) is 7.43. The molecule has 0 radical (unpaired) electrons. The minimum Gasteiger partial charge on any atom is -0.493 e. The maximum Gasteiger partial charge on any atom is 0.227 e. The van der Waals surface area contributed by atoms with Crippen LogP contribution in [0.3, 0.4) is 0 Å². The zero-order chi connectivity index (χ0) is 27.0. The Labute approximate surface area is 227 Å². The number of hydrogen-bond acceptors (Lipinski definition) is 5. The molecule has 0 saturated carbocycles. The molecule has 0 spiro atoms. The largest absolute Gasteiger partial charge is 0.493 e. The van der Waals surface area contributed by atoms with Gasteiger partial charge in [0.2, 0.25) is 5.91 Å². The number of carbonyl (C=O) groups excluding carboxylic acids is 1. The first-order valence-electron chi connectivity index (χ1n) is 14.1. The molecular weight excluding hydrogens is 483 g/mol. The average molecular weight is 527 g/mol. The summed E-state index contributed by atoms with van der Waals surface area (Å²) in [5, 5.41) is 0. The lowest BCUT2D eigenvalue weighted by Crippen LogP contribution is -2.48. The standard InChI is InChI=1S/C31H43FN2O4/c1-24(2)23-36-29-11-7-25(8-12-29)21-30(35)34(22-26-5-9-27(32)10-6-26)28-13-16-33(17-14-28)18-15-31(3)37-19-4-20-38-31/h5-12,24,28H,4,13-23H2,1-3H3. The fraction of sp³-hybridized carbons (Fsp3) is 0.581. The molecule has 2 aromatic rings. The molecule has 1 amide bonds. The first-order valence-corrected chi connectivity index (χ1v) is 14.1. The summed E-state index contributed by atoms with van der Waals surface area (Å²) >= 11 is 0. The summed E-state index contributed by atoms with van der Waals surface area (Å²) in [5.74, 6) is 0.622. The third-order valence-electron chi connectivity index (χ3n) is 7.43. The maximum atomic E-state index is 13.6. The first kappa shape index (κ1) is 28.5. The SMILES string of the molecule is CC(C)COc1ccc(CC(=O)N(Cc2ccc(F)cc2)C2CCN(CCC3(C)OCCCO3)CC2)cc1. The van der Waals surface area contributed by atoms with Gasteiger partial charge in [-0.2, -0.15) is 0 Å². The van der Waals surface area contributed by atoms with Gasteiger partial charge in [0, 0.05) is 38.6 Å². The van der Waals surface area contributed by atoms with Crippen molar-refractivity contribution in [3.63, 3.8) is 0 Å². The fourth-order valence-electron chi connectivity index (χ4n) is 5.09. The molecule has 208 valence electrons. The van der Waals surface area contributed by atoms with Crippen molar-refractivity contribution in [3.05, 3.63) is 65.5 Å². The van der Waals surface area contributed by atoms with Crippen LogP contribution in [0.2, 0.25) is 0 Å². The van der Waals surface area contributed by atoms with Crippen molar-refractivity contribution in [2.75, 3.05) is 39.5 Å². The van der Waals surface area contributed by atoms with E-state index < -0.39 is 5.79 Å². The lowest BCUT2D eigenvalue weighted by molar-refractivity contribution is -0.260. The first-order chi connectivity index (χ1) is 18.3. The van der Waals surface area contributed by atoms with Crippen LogP contribution in [0, 0.1) is 11.7 Å². The highest BCUT2D eigenvalue weighted by atomic mass is 19.1. The number of rotatable bonds is 11. The Morgan fingerprint density at radius 1 is 1.05 bits per heavy atom. The fourth-order valence-corrected chi connectivity index (χ4v) is 5.09. The monoisotopic (exact) mass is 526 g/mol. The van der Waals surface area contributed by atoms with Crippen LogP contribution in [0.1, 0.15) is 57.6 Å². The molecule has 2 aliphatic rings. The number of halogens is 1. The molecule has 38 heavy (non-hydrogen) atoms. The van der Waals surface area contributed by atoms with E-state index in [1.807, 2.05) is 36.1 Å². The number of benzene rings is 2. The highest BCUT2D eigenvalue weighted by Gasteiger charge is 2.32. The predicted octanol–water partition coefficient (Wildman–Crippen LogP) is 5.44. The van der Waals surface area contributed by atoms with Crippen molar-refractivity contribution in [2.24, 2.45) is 5.92 Å². The lowest BCUT2D eigenvalue weighted by atomic mass is 10.00. The number of carbonyl (C=O) groups is 1. The lowest BCUT2D eigenvalue weighted by Gasteiger charge is -2.40. The Morgan fingerprint density at radius 3 is 2.32 bits per heavy atom. The average Bonchev–Trinajstić information content (AvgIpc) is 2.92. The number of hydrogen-bond donors (Lipinski definition) is 0.